The predicted octanol–water partition coefficient (Wildman–Crippen LogP) is 5.96. The summed E-state index contributed by atoms with van der Waals surface area (Å²) in [5.74, 6) is -0.865. The molecule has 0 aliphatic heterocycles. The Hall–Kier alpha value is -4.36. The molecule has 4 rings (SSSR count). The first-order chi connectivity index (χ1) is 19.7. The van der Waals surface area contributed by atoms with Crippen molar-refractivity contribution in [1.82, 2.24) is 0 Å². The minimum atomic E-state index is -4.74. The molecule has 0 heterocycles. The minimum absolute atomic E-state index is 0.0846. The normalized spacial score (nSPS) is 12.0. The van der Waals surface area contributed by atoms with E-state index in [2.05, 4.69) is 10.0 Å². The molecule has 0 aliphatic carbocycles. The molecule has 0 bridgehead atoms. The van der Waals surface area contributed by atoms with Gasteiger partial charge in [0.05, 0.1) is 26.7 Å². The lowest BCUT2D eigenvalue weighted by molar-refractivity contribution is -0.137. The van der Waals surface area contributed by atoms with Crippen LogP contribution in [0.25, 0.3) is 0 Å². The van der Waals surface area contributed by atoms with Crippen LogP contribution >= 0.6 is 0 Å². The Balaban J connectivity index is 1.57. The highest BCUT2D eigenvalue weighted by atomic mass is 32.2. The van der Waals surface area contributed by atoms with Gasteiger partial charge in [0, 0.05) is 5.69 Å². The maximum atomic E-state index is 13.4. The number of alkyl halides is 3. The molecule has 42 heavy (non-hydrogen) atoms. The number of carbonyl (C=O) groups is 1. The van der Waals surface area contributed by atoms with Crippen LogP contribution < -0.4 is 14.3 Å². The number of nitrogens with one attached hydrogen (secondary N) is 2. The van der Waals surface area contributed by atoms with E-state index in [1.165, 1.54) is 48.5 Å². The first-order valence-electron chi connectivity index (χ1n) is 12.4. The van der Waals surface area contributed by atoms with E-state index in [0.717, 1.165) is 29.3 Å². The van der Waals surface area contributed by atoms with E-state index in [9.17, 15) is 34.8 Å². The van der Waals surface area contributed by atoms with Crippen molar-refractivity contribution >= 4 is 43.0 Å². The van der Waals surface area contributed by atoms with Crippen LogP contribution in [0.3, 0.4) is 0 Å². The molecule has 0 spiro atoms. The fourth-order valence-electron chi connectivity index (χ4n) is 3.97. The van der Waals surface area contributed by atoms with Crippen molar-refractivity contribution in [2.75, 3.05) is 20.9 Å². The van der Waals surface area contributed by atoms with Crippen molar-refractivity contribution in [2.24, 2.45) is 0 Å². The third-order valence-electron chi connectivity index (χ3n) is 6.17. The Morgan fingerprint density at radius 3 is 2.10 bits per heavy atom. The standard InChI is InChI=1S/C29H26F3N3O5S2/c1-20-11-12-21(2)27(17-20)34-41(37,38)25-15-13-23(14-16-25)33-28(36)19-35(42(39,40)26-9-4-3-5-10-26)24-8-6-7-22(18-24)29(30,31)32/h3-18,34H,19H2,1-2H3,(H,33,36). The zero-order valence-corrected chi connectivity index (χ0v) is 24.0. The molecule has 4 aromatic carbocycles. The van der Waals surface area contributed by atoms with E-state index in [1.807, 2.05) is 13.0 Å². The summed E-state index contributed by atoms with van der Waals surface area (Å²) in [6, 6.07) is 21.1. The number of amides is 1. The maximum Gasteiger partial charge on any atom is 0.416 e. The molecule has 2 N–H and O–H groups in total. The molecule has 0 saturated carbocycles. The van der Waals surface area contributed by atoms with Crippen LogP contribution in [0.1, 0.15) is 16.7 Å². The Morgan fingerprint density at radius 1 is 0.786 bits per heavy atom. The fraction of sp³-hybridized carbons (Fsp3) is 0.138. The number of halogens is 3. The van der Waals surface area contributed by atoms with Gasteiger partial charge in [-0.05, 0) is 85.6 Å². The highest BCUT2D eigenvalue weighted by molar-refractivity contribution is 7.93. The molecule has 1 amide bonds. The summed E-state index contributed by atoms with van der Waals surface area (Å²) < 4.78 is 95.9. The highest BCUT2D eigenvalue weighted by Gasteiger charge is 2.33. The van der Waals surface area contributed by atoms with E-state index < -0.39 is 44.2 Å². The van der Waals surface area contributed by atoms with Crippen LogP contribution in [0.2, 0.25) is 0 Å². The number of carbonyl (C=O) groups excluding carboxylic acids is 1. The molecule has 0 aliphatic rings. The van der Waals surface area contributed by atoms with Crippen molar-refractivity contribution in [3.8, 4) is 0 Å². The molecule has 13 heteroatoms. The fourth-order valence-corrected chi connectivity index (χ4v) is 6.53. The first-order valence-corrected chi connectivity index (χ1v) is 15.3. The number of nitrogens with zero attached hydrogens (tertiary/aromatic N) is 1. The Kier molecular flexibility index (Phi) is 8.64. The largest absolute Gasteiger partial charge is 0.416 e. The molecular formula is C29H26F3N3O5S2. The van der Waals surface area contributed by atoms with Gasteiger partial charge in [-0.3, -0.25) is 13.8 Å². The van der Waals surface area contributed by atoms with Gasteiger partial charge in [-0.1, -0.05) is 36.4 Å². The Labute approximate surface area is 241 Å². The topological polar surface area (TPSA) is 113 Å². The molecule has 0 aromatic heterocycles. The molecule has 0 fully saturated rings. The van der Waals surface area contributed by atoms with Gasteiger partial charge in [0.1, 0.15) is 6.54 Å². The second-order valence-electron chi connectivity index (χ2n) is 9.37. The van der Waals surface area contributed by atoms with E-state index in [4.69, 9.17) is 0 Å². The minimum Gasteiger partial charge on any atom is -0.325 e. The lowest BCUT2D eigenvalue weighted by Crippen LogP contribution is -2.38. The van der Waals surface area contributed by atoms with Crippen molar-refractivity contribution in [3.05, 3.63) is 114 Å². The van der Waals surface area contributed by atoms with Gasteiger partial charge in [-0.2, -0.15) is 13.2 Å². The second-order valence-corrected chi connectivity index (χ2v) is 12.9. The number of aryl methyl sites for hydroxylation is 2. The molecular weight excluding hydrogens is 591 g/mol. The summed E-state index contributed by atoms with van der Waals surface area (Å²) in [5, 5.41) is 2.47. The van der Waals surface area contributed by atoms with Gasteiger partial charge in [-0.25, -0.2) is 16.8 Å². The van der Waals surface area contributed by atoms with Crippen LogP contribution in [0.15, 0.2) is 107 Å². The van der Waals surface area contributed by atoms with Crippen molar-refractivity contribution in [2.45, 2.75) is 29.8 Å². The van der Waals surface area contributed by atoms with Crippen molar-refractivity contribution in [3.63, 3.8) is 0 Å². The number of rotatable bonds is 9. The van der Waals surface area contributed by atoms with Gasteiger partial charge in [-0.15, -0.1) is 0 Å². The summed E-state index contributed by atoms with van der Waals surface area (Å²) in [5.41, 5.74) is 0.713. The Bertz CT molecular complexity index is 1810. The monoisotopic (exact) mass is 617 g/mol. The zero-order chi connectivity index (χ0) is 30.7. The molecule has 8 nitrogen and oxygen atoms in total. The lowest BCUT2D eigenvalue weighted by atomic mass is 10.1. The number of anilines is 3. The van der Waals surface area contributed by atoms with E-state index in [0.29, 0.717) is 16.1 Å². The number of sulfonamides is 2. The van der Waals surface area contributed by atoms with Crippen LogP contribution in [0, 0.1) is 13.8 Å². The van der Waals surface area contributed by atoms with Crippen molar-refractivity contribution in [1.29, 1.82) is 0 Å². The average Bonchev–Trinajstić information content (AvgIpc) is 2.94. The van der Waals surface area contributed by atoms with E-state index in [1.54, 1.807) is 25.1 Å². The number of hydrogen-bond acceptors (Lipinski definition) is 5. The van der Waals surface area contributed by atoms with Gasteiger partial charge in [0.25, 0.3) is 20.0 Å². The third-order valence-corrected chi connectivity index (χ3v) is 9.34. The van der Waals surface area contributed by atoms with E-state index in [-0.39, 0.29) is 21.2 Å². The van der Waals surface area contributed by atoms with Gasteiger partial charge < -0.3 is 5.32 Å². The molecule has 4 aromatic rings. The molecule has 0 saturated heterocycles. The van der Waals surface area contributed by atoms with Crippen LogP contribution in [0.5, 0.6) is 0 Å². The Morgan fingerprint density at radius 2 is 1.45 bits per heavy atom. The second kappa shape index (κ2) is 11.9. The molecule has 0 radical (unpaired) electrons. The SMILES string of the molecule is Cc1ccc(C)c(NS(=O)(=O)c2ccc(NC(=O)CN(c3cccc(C(F)(F)F)c3)S(=O)(=O)c3ccccc3)cc2)c1. The van der Waals surface area contributed by atoms with Crippen LogP contribution in [-0.2, 0) is 31.0 Å². The maximum absolute atomic E-state index is 13.4. The van der Waals surface area contributed by atoms with Crippen LogP contribution in [-0.4, -0.2) is 29.3 Å². The first kappa shape index (κ1) is 30.6. The predicted molar refractivity (Wildman–Crippen MR) is 154 cm³/mol. The number of benzene rings is 4. The summed E-state index contributed by atoms with van der Waals surface area (Å²) in [6.07, 6.45) is -4.74. The highest BCUT2D eigenvalue weighted by Crippen LogP contribution is 2.33. The summed E-state index contributed by atoms with van der Waals surface area (Å²) in [6.45, 7) is 2.73. The van der Waals surface area contributed by atoms with E-state index >= 15 is 0 Å². The quantitative estimate of drug-likeness (QED) is 0.241. The third kappa shape index (κ3) is 7.09. The molecule has 0 atom stereocenters. The zero-order valence-electron chi connectivity index (χ0n) is 22.4. The summed E-state index contributed by atoms with van der Waals surface area (Å²) in [4.78, 5) is 12.7. The smallest absolute Gasteiger partial charge is 0.325 e. The van der Waals surface area contributed by atoms with Gasteiger partial charge in [0.2, 0.25) is 5.91 Å². The number of hydrogen-bond donors (Lipinski definition) is 2. The van der Waals surface area contributed by atoms with Gasteiger partial charge >= 0.3 is 6.18 Å². The van der Waals surface area contributed by atoms with Crippen molar-refractivity contribution < 1.29 is 34.8 Å². The lowest BCUT2D eigenvalue weighted by Gasteiger charge is -2.25. The molecule has 0 unspecified atom stereocenters. The summed E-state index contributed by atoms with van der Waals surface area (Å²) in [7, 11) is -8.41. The van der Waals surface area contributed by atoms with Crippen LogP contribution in [0.4, 0.5) is 30.2 Å². The molecule has 220 valence electrons. The average molecular weight is 618 g/mol. The van der Waals surface area contributed by atoms with Gasteiger partial charge in [0.15, 0.2) is 0 Å². The summed E-state index contributed by atoms with van der Waals surface area (Å²) >= 11 is 0.